The summed E-state index contributed by atoms with van der Waals surface area (Å²) in [6.45, 7) is 2.45. The van der Waals surface area contributed by atoms with Crippen molar-refractivity contribution in [1.82, 2.24) is 40.6 Å². The molecule has 4 atom stereocenters. The monoisotopic (exact) mass is 805 g/mol. The Labute approximate surface area is 346 Å². The zero-order valence-electron chi connectivity index (χ0n) is 33.3. The highest BCUT2D eigenvalue weighted by atomic mass is 16.5. The number of fused-ring (bicyclic) bond motifs is 1. The predicted octanol–water partition coefficient (Wildman–Crippen LogP) is 5.19. The van der Waals surface area contributed by atoms with Gasteiger partial charge < -0.3 is 10.1 Å². The lowest BCUT2D eigenvalue weighted by molar-refractivity contribution is -0.136. The van der Waals surface area contributed by atoms with E-state index in [1.807, 2.05) is 60.7 Å². The first kappa shape index (κ1) is 40.2. The number of aromatic amines is 1. The standard InChI is InChI=1S/C46H47N9O5/c47-29-46(19-5-2-6-20-46)42-35(25-40(57)53-54-42)24-30-9-7-13-32(23-30)43-49-22-18-41(52-43)60-28-34-17-21-48-26-33(34)11-4-1-3-10-31-12-8-14-36-37(31)27-50-55(45(36)59)38-15-16-39(56)51-44(38)58/h2,5-9,12-14,18-19,22-23,25,27,33-34,38,48H,1,3-4,10-11,15-17,20-21,24,26,28H2,(H,53,57)(H,51,56,58). The Bertz CT molecular complexity index is 2630. The molecule has 0 bridgehead atoms. The fraction of sp³-hybridized carbons (Fsp3) is 0.370. The summed E-state index contributed by atoms with van der Waals surface area (Å²) in [5.74, 6) is 1.09. The third kappa shape index (κ3) is 8.86. The summed E-state index contributed by atoms with van der Waals surface area (Å²) in [6.07, 6.45) is 18.2. The fourth-order valence-electron chi connectivity index (χ4n) is 8.73. The molecule has 2 fully saturated rings. The number of piperidine rings is 2. The molecule has 14 heteroatoms. The molecule has 1 aliphatic carbocycles. The van der Waals surface area contributed by atoms with Gasteiger partial charge in [0.05, 0.1) is 30.0 Å². The number of aromatic nitrogens is 6. The first-order valence-electron chi connectivity index (χ1n) is 20.7. The van der Waals surface area contributed by atoms with Gasteiger partial charge in [0.1, 0.15) is 11.5 Å². The van der Waals surface area contributed by atoms with Gasteiger partial charge in [0.15, 0.2) is 5.82 Å². The fourth-order valence-corrected chi connectivity index (χ4v) is 8.73. The number of amides is 2. The molecule has 306 valence electrons. The van der Waals surface area contributed by atoms with Gasteiger partial charge in [-0.2, -0.15) is 20.4 Å². The number of rotatable bonds is 14. The van der Waals surface area contributed by atoms with Gasteiger partial charge in [-0.3, -0.25) is 24.5 Å². The number of unbranched alkanes of at least 4 members (excludes halogenated alkanes) is 2. The maximum Gasteiger partial charge on any atom is 0.275 e. The van der Waals surface area contributed by atoms with Gasteiger partial charge >= 0.3 is 0 Å². The van der Waals surface area contributed by atoms with Crippen LogP contribution in [-0.2, 0) is 27.8 Å². The Morgan fingerprint density at radius 2 is 1.85 bits per heavy atom. The number of aryl methyl sites for hydroxylation is 1. The van der Waals surface area contributed by atoms with E-state index in [9.17, 15) is 24.4 Å². The van der Waals surface area contributed by atoms with E-state index in [0.29, 0.717) is 59.6 Å². The van der Waals surface area contributed by atoms with E-state index in [0.717, 1.165) is 73.7 Å². The van der Waals surface area contributed by atoms with Gasteiger partial charge in [-0.25, -0.2) is 14.8 Å². The maximum atomic E-state index is 13.4. The van der Waals surface area contributed by atoms with Crippen molar-refractivity contribution in [3.8, 4) is 23.3 Å². The van der Waals surface area contributed by atoms with Crippen LogP contribution in [-0.4, -0.2) is 61.5 Å². The SMILES string of the molecule is N#CC1(c2n[nH]c(=O)cc2Cc2cccc(-c3nccc(OCC4CCNCC4CCCCCc4cccc5c(=O)n(C6CCC(=O)NC6=O)ncc45)n3)c2)C=CC=CC1. The van der Waals surface area contributed by atoms with Gasteiger partial charge in [0, 0.05) is 35.7 Å². The molecule has 3 aromatic heterocycles. The Morgan fingerprint density at radius 1 is 0.950 bits per heavy atom. The summed E-state index contributed by atoms with van der Waals surface area (Å²) in [5.41, 5.74) is 2.45. The van der Waals surface area contributed by atoms with Crippen molar-refractivity contribution in [3.63, 3.8) is 0 Å². The molecule has 4 unspecified atom stereocenters. The van der Waals surface area contributed by atoms with E-state index < -0.39 is 17.4 Å². The van der Waals surface area contributed by atoms with Crippen molar-refractivity contribution >= 4 is 22.6 Å². The first-order valence-corrected chi connectivity index (χ1v) is 20.7. The zero-order chi connectivity index (χ0) is 41.5. The molecule has 8 rings (SSSR count). The van der Waals surface area contributed by atoms with Crippen molar-refractivity contribution in [2.75, 3.05) is 19.7 Å². The maximum absolute atomic E-state index is 13.4. The van der Waals surface area contributed by atoms with Gasteiger partial charge in [0.2, 0.25) is 11.8 Å². The van der Waals surface area contributed by atoms with Crippen molar-refractivity contribution in [1.29, 1.82) is 5.26 Å². The summed E-state index contributed by atoms with van der Waals surface area (Å²) in [7, 11) is 0. The van der Waals surface area contributed by atoms with E-state index in [-0.39, 0.29) is 29.9 Å². The van der Waals surface area contributed by atoms with Crippen LogP contribution >= 0.6 is 0 Å². The molecule has 3 aliphatic rings. The number of imide groups is 1. The Balaban J connectivity index is 0.856. The average Bonchev–Trinajstić information content (AvgIpc) is 3.27. The molecule has 0 saturated carbocycles. The number of nitrogens with one attached hydrogen (secondary N) is 3. The number of carbonyl (C=O) groups excluding carboxylic acids is 2. The van der Waals surface area contributed by atoms with Gasteiger partial charge in [0.25, 0.3) is 17.0 Å². The summed E-state index contributed by atoms with van der Waals surface area (Å²) in [4.78, 5) is 59.1. The summed E-state index contributed by atoms with van der Waals surface area (Å²) >= 11 is 0. The van der Waals surface area contributed by atoms with Crippen LogP contribution in [0.25, 0.3) is 22.2 Å². The van der Waals surface area contributed by atoms with Crippen LogP contribution in [0.3, 0.4) is 0 Å². The Hall–Kier alpha value is -6.59. The minimum absolute atomic E-state index is 0.179. The predicted molar refractivity (Wildman–Crippen MR) is 225 cm³/mol. The highest BCUT2D eigenvalue weighted by Gasteiger charge is 2.34. The summed E-state index contributed by atoms with van der Waals surface area (Å²) in [5, 5.41) is 28.6. The van der Waals surface area contributed by atoms with Crippen LogP contribution in [0.15, 0.2) is 101 Å². The molecule has 2 aromatic carbocycles. The molecule has 0 spiro atoms. The van der Waals surface area contributed by atoms with Crippen LogP contribution in [0.2, 0.25) is 0 Å². The number of carbonyl (C=O) groups is 2. The number of hydrogen-bond donors (Lipinski definition) is 3. The highest BCUT2D eigenvalue weighted by Crippen LogP contribution is 2.34. The third-order valence-electron chi connectivity index (χ3n) is 12.0. The van der Waals surface area contributed by atoms with Crippen LogP contribution in [0.4, 0.5) is 0 Å². The van der Waals surface area contributed by atoms with E-state index in [1.165, 1.54) is 10.7 Å². The van der Waals surface area contributed by atoms with Gasteiger partial charge in [-0.1, -0.05) is 67.5 Å². The van der Waals surface area contributed by atoms with Crippen molar-refractivity contribution < 1.29 is 14.3 Å². The second-order valence-electron chi connectivity index (χ2n) is 15.9. The topological polar surface area (TPSA) is 198 Å². The van der Waals surface area contributed by atoms with Gasteiger partial charge in [-0.15, -0.1) is 0 Å². The second-order valence-corrected chi connectivity index (χ2v) is 15.9. The molecular weight excluding hydrogens is 759 g/mol. The third-order valence-corrected chi connectivity index (χ3v) is 12.0. The molecule has 5 aromatic rings. The smallest absolute Gasteiger partial charge is 0.275 e. The van der Waals surface area contributed by atoms with Crippen LogP contribution in [0.5, 0.6) is 5.88 Å². The molecule has 2 saturated heterocycles. The van der Waals surface area contributed by atoms with E-state index in [1.54, 1.807) is 24.5 Å². The number of ether oxygens (including phenoxy) is 1. The van der Waals surface area contributed by atoms with Crippen LogP contribution in [0.1, 0.15) is 79.8 Å². The largest absolute Gasteiger partial charge is 0.477 e. The van der Waals surface area contributed by atoms with Crippen LogP contribution in [0, 0.1) is 23.2 Å². The molecule has 5 heterocycles. The van der Waals surface area contributed by atoms with Crippen molar-refractivity contribution in [2.24, 2.45) is 11.8 Å². The molecule has 14 nitrogen and oxygen atoms in total. The molecule has 60 heavy (non-hydrogen) atoms. The molecule has 3 N–H and O–H groups in total. The van der Waals surface area contributed by atoms with Crippen molar-refractivity contribution in [2.45, 2.75) is 75.7 Å². The molecule has 2 amide bonds. The lowest BCUT2D eigenvalue weighted by Crippen LogP contribution is -2.45. The molecular formula is C46H47N9O5. The van der Waals surface area contributed by atoms with E-state index >= 15 is 0 Å². The highest BCUT2D eigenvalue weighted by molar-refractivity contribution is 5.99. The summed E-state index contributed by atoms with van der Waals surface area (Å²) in [6, 6.07) is 18.5. The normalized spacial score (nSPS) is 21.4. The Kier molecular flexibility index (Phi) is 12.1. The number of nitriles is 1. The lowest BCUT2D eigenvalue weighted by atomic mass is 9.77. The Morgan fingerprint density at radius 3 is 2.70 bits per heavy atom. The second kappa shape index (κ2) is 18.1. The number of nitrogens with zero attached hydrogens (tertiary/aromatic N) is 6. The van der Waals surface area contributed by atoms with E-state index in [4.69, 9.17) is 9.72 Å². The first-order chi connectivity index (χ1) is 29.3. The van der Waals surface area contributed by atoms with E-state index in [2.05, 4.69) is 37.0 Å². The number of H-pyrrole nitrogens is 1. The number of hydrogen-bond acceptors (Lipinski definition) is 11. The quantitative estimate of drug-likeness (QED) is 0.0987. The van der Waals surface area contributed by atoms with Crippen LogP contribution < -0.4 is 26.5 Å². The minimum atomic E-state index is -0.954. The van der Waals surface area contributed by atoms with Gasteiger partial charge in [-0.05, 0) is 98.7 Å². The molecule has 0 radical (unpaired) electrons. The molecule has 2 aliphatic heterocycles. The van der Waals surface area contributed by atoms with Crippen molar-refractivity contribution in [3.05, 3.63) is 134 Å². The zero-order valence-corrected chi connectivity index (χ0v) is 33.3. The minimum Gasteiger partial charge on any atom is -0.477 e. The number of allylic oxidation sites excluding steroid dienone is 4. The summed E-state index contributed by atoms with van der Waals surface area (Å²) < 4.78 is 7.55. The number of benzene rings is 2. The lowest BCUT2D eigenvalue weighted by Gasteiger charge is -2.32. The average molecular weight is 806 g/mol.